The molecule has 0 aliphatic heterocycles. The molecule has 0 fully saturated rings. The van der Waals surface area contributed by atoms with Crippen molar-refractivity contribution in [2.45, 2.75) is 13.3 Å². The van der Waals surface area contributed by atoms with Gasteiger partial charge in [0.15, 0.2) is 0 Å². The molecule has 1 aromatic carbocycles. The van der Waals surface area contributed by atoms with Crippen molar-refractivity contribution >= 4 is 33.7 Å². The van der Waals surface area contributed by atoms with Crippen molar-refractivity contribution in [3.8, 4) is 16.3 Å². The van der Waals surface area contributed by atoms with Crippen molar-refractivity contribution in [3.63, 3.8) is 0 Å². The first-order chi connectivity index (χ1) is 12.7. The van der Waals surface area contributed by atoms with E-state index in [9.17, 15) is 4.79 Å². The summed E-state index contributed by atoms with van der Waals surface area (Å²) >= 11 is 2.97. The van der Waals surface area contributed by atoms with Crippen LogP contribution >= 0.6 is 22.7 Å². The smallest absolute Gasteiger partial charge is 0.276 e. The zero-order valence-electron chi connectivity index (χ0n) is 13.9. The number of benzene rings is 1. The van der Waals surface area contributed by atoms with Crippen LogP contribution in [0.1, 0.15) is 22.4 Å². The number of amides is 1. The highest BCUT2D eigenvalue weighted by atomic mass is 32.1. The molecule has 26 heavy (non-hydrogen) atoms. The van der Waals surface area contributed by atoms with Crippen LogP contribution < -0.4 is 5.32 Å². The molecule has 4 rings (SSSR count). The summed E-state index contributed by atoms with van der Waals surface area (Å²) in [5.74, 6) is -0.261. The molecule has 8 heteroatoms. The minimum Gasteiger partial charge on any atom is -0.295 e. The van der Waals surface area contributed by atoms with Crippen molar-refractivity contribution in [1.29, 1.82) is 0 Å². The Morgan fingerprint density at radius 3 is 2.69 bits per heavy atom. The second-order valence-corrected chi connectivity index (χ2v) is 7.46. The van der Waals surface area contributed by atoms with Crippen molar-refractivity contribution in [1.82, 2.24) is 20.0 Å². The van der Waals surface area contributed by atoms with E-state index in [1.165, 1.54) is 11.3 Å². The predicted molar refractivity (Wildman–Crippen MR) is 104 cm³/mol. The van der Waals surface area contributed by atoms with Gasteiger partial charge in [0.05, 0.1) is 10.6 Å². The monoisotopic (exact) mass is 381 g/mol. The number of nitrogens with one attached hydrogen (secondary N) is 1. The number of anilines is 1. The third kappa shape index (κ3) is 3.29. The quantitative estimate of drug-likeness (QED) is 0.560. The van der Waals surface area contributed by atoms with Crippen LogP contribution in [0.5, 0.6) is 0 Å². The van der Waals surface area contributed by atoms with Crippen LogP contribution in [0.15, 0.2) is 53.9 Å². The minimum atomic E-state index is -0.261. The van der Waals surface area contributed by atoms with Crippen LogP contribution in [0.25, 0.3) is 16.3 Å². The largest absolute Gasteiger partial charge is 0.295 e. The minimum absolute atomic E-state index is 0.261. The molecular weight excluding hydrogens is 366 g/mol. The van der Waals surface area contributed by atoms with Gasteiger partial charge in [-0.3, -0.25) is 10.1 Å². The predicted octanol–water partition coefficient (Wildman–Crippen LogP) is 4.27. The van der Waals surface area contributed by atoms with Gasteiger partial charge in [-0.15, -0.1) is 21.5 Å². The molecule has 0 spiro atoms. The number of para-hydroxylation sites is 1. The van der Waals surface area contributed by atoms with Gasteiger partial charge >= 0.3 is 0 Å². The average molecular weight is 381 g/mol. The Kier molecular flexibility index (Phi) is 4.59. The summed E-state index contributed by atoms with van der Waals surface area (Å²) in [5.41, 5.74) is 2.04. The Hall–Kier alpha value is -2.84. The standard InChI is InChI=1S/C18H15N5OS2/c1-2-16-20-21-18(26-16)19-17(24)14-11-13(15-9-6-10-25-15)22-23(14)12-7-4-3-5-8-12/h3-11H,2H2,1H3,(H,19,21,24). The highest BCUT2D eigenvalue weighted by Gasteiger charge is 2.19. The van der Waals surface area contributed by atoms with Gasteiger partial charge in [0.1, 0.15) is 16.4 Å². The van der Waals surface area contributed by atoms with Crippen LogP contribution in [0.4, 0.5) is 5.13 Å². The van der Waals surface area contributed by atoms with Gasteiger partial charge in [0.25, 0.3) is 5.91 Å². The van der Waals surface area contributed by atoms with Crippen molar-refractivity contribution in [2.24, 2.45) is 0 Å². The molecular formula is C18H15N5OS2. The lowest BCUT2D eigenvalue weighted by molar-refractivity contribution is 0.101. The summed E-state index contributed by atoms with van der Waals surface area (Å²) in [5, 5.41) is 18.9. The van der Waals surface area contributed by atoms with E-state index >= 15 is 0 Å². The molecule has 0 aliphatic carbocycles. The zero-order valence-corrected chi connectivity index (χ0v) is 15.5. The number of carbonyl (C=O) groups excluding carboxylic acids is 1. The Morgan fingerprint density at radius 1 is 1.15 bits per heavy atom. The summed E-state index contributed by atoms with van der Waals surface area (Å²) in [6.07, 6.45) is 0.790. The van der Waals surface area contributed by atoms with Crippen LogP contribution in [-0.2, 0) is 6.42 Å². The Balaban J connectivity index is 1.72. The third-order valence-corrected chi connectivity index (χ3v) is 5.58. The lowest BCUT2D eigenvalue weighted by Gasteiger charge is -2.06. The summed E-state index contributed by atoms with van der Waals surface area (Å²) in [4.78, 5) is 13.9. The molecule has 0 saturated carbocycles. The first-order valence-electron chi connectivity index (χ1n) is 8.07. The number of hydrogen-bond acceptors (Lipinski definition) is 6. The maximum Gasteiger partial charge on any atom is 0.276 e. The summed E-state index contributed by atoms with van der Waals surface area (Å²) in [7, 11) is 0. The first-order valence-corrected chi connectivity index (χ1v) is 9.77. The Morgan fingerprint density at radius 2 is 2.00 bits per heavy atom. The molecule has 130 valence electrons. The van der Waals surface area contributed by atoms with Gasteiger partial charge in [-0.1, -0.05) is 42.5 Å². The number of hydrogen-bond donors (Lipinski definition) is 1. The van der Waals surface area contributed by atoms with Crippen molar-refractivity contribution < 1.29 is 4.79 Å². The maximum atomic E-state index is 12.9. The van der Waals surface area contributed by atoms with Gasteiger partial charge in [-0.05, 0) is 36.1 Å². The molecule has 3 aromatic heterocycles. The van der Waals surface area contributed by atoms with E-state index in [-0.39, 0.29) is 5.91 Å². The molecule has 0 radical (unpaired) electrons. The lowest BCUT2D eigenvalue weighted by Crippen LogP contribution is -2.16. The molecule has 4 aromatic rings. The normalized spacial score (nSPS) is 10.8. The van der Waals surface area contributed by atoms with E-state index in [4.69, 9.17) is 0 Å². The fraction of sp³-hybridized carbons (Fsp3) is 0.111. The van der Waals surface area contributed by atoms with E-state index in [0.29, 0.717) is 10.8 Å². The fourth-order valence-electron chi connectivity index (χ4n) is 2.46. The molecule has 1 N–H and O–H groups in total. The molecule has 1 amide bonds. The van der Waals surface area contributed by atoms with Gasteiger partial charge in [-0.2, -0.15) is 5.10 Å². The average Bonchev–Trinajstić information content (AvgIpc) is 3.41. The van der Waals surface area contributed by atoms with Crippen molar-refractivity contribution in [2.75, 3.05) is 5.32 Å². The summed E-state index contributed by atoms with van der Waals surface area (Å²) < 4.78 is 1.66. The topological polar surface area (TPSA) is 72.7 Å². The summed E-state index contributed by atoms with van der Waals surface area (Å²) in [6.45, 7) is 2.00. The third-order valence-electron chi connectivity index (χ3n) is 3.71. The zero-order chi connectivity index (χ0) is 17.9. The van der Waals surface area contributed by atoms with Crippen LogP contribution in [0.3, 0.4) is 0 Å². The Labute approximate surface area is 158 Å². The molecule has 0 unspecified atom stereocenters. The second-order valence-electron chi connectivity index (χ2n) is 5.45. The number of rotatable bonds is 5. The lowest BCUT2D eigenvalue weighted by atomic mass is 10.3. The van der Waals surface area contributed by atoms with Crippen LogP contribution in [0.2, 0.25) is 0 Å². The molecule has 6 nitrogen and oxygen atoms in total. The van der Waals surface area contributed by atoms with E-state index in [2.05, 4.69) is 20.6 Å². The van der Waals surface area contributed by atoms with Gasteiger partial charge < -0.3 is 0 Å². The van der Waals surface area contributed by atoms with Gasteiger partial charge in [0, 0.05) is 0 Å². The number of nitrogens with zero attached hydrogens (tertiary/aromatic N) is 4. The maximum absolute atomic E-state index is 12.9. The van der Waals surface area contributed by atoms with Crippen molar-refractivity contribution in [3.05, 3.63) is 64.6 Å². The summed E-state index contributed by atoms with van der Waals surface area (Å²) in [6, 6.07) is 15.4. The highest BCUT2D eigenvalue weighted by Crippen LogP contribution is 2.26. The SMILES string of the molecule is CCc1nnc(NC(=O)c2cc(-c3cccs3)nn2-c2ccccc2)s1. The van der Waals surface area contributed by atoms with E-state index in [0.717, 1.165) is 27.7 Å². The number of aryl methyl sites for hydroxylation is 1. The van der Waals surface area contributed by atoms with Crippen LogP contribution in [0, 0.1) is 0 Å². The van der Waals surface area contributed by atoms with Gasteiger partial charge in [0.2, 0.25) is 5.13 Å². The second kappa shape index (κ2) is 7.19. The first kappa shape index (κ1) is 16.6. The van der Waals surface area contributed by atoms with E-state index < -0.39 is 0 Å². The number of thiophene rings is 1. The number of aromatic nitrogens is 4. The molecule has 0 aliphatic rings. The van der Waals surface area contributed by atoms with E-state index in [1.807, 2.05) is 54.8 Å². The van der Waals surface area contributed by atoms with Crippen LogP contribution in [-0.4, -0.2) is 25.9 Å². The Bertz CT molecular complexity index is 1020. The highest BCUT2D eigenvalue weighted by molar-refractivity contribution is 7.15. The molecule has 0 saturated heterocycles. The number of carbonyl (C=O) groups is 1. The molecule has 3 heterocycles. The molecule has 0 atom stereocenters. The van der Waals surface area contributed by atoms with Gasteiger partial charge in [-0.25, -0.2) is 4.68 Å². The fourth-order valence-corrected chi connectivity index (χ4v) is 3.82. The van der Waals surface area contributed by atoms with E-state index in [1.54, 1.807) is 22.1 Å². The molecule has 0 bridgehead atoms.